The monoisotopic (exact) mass is 265 g/mol. The van der Waals surface area contributed by atoms with Gasteiger partial charge in [-0.3, -0.25) is 0 Å². The molecule has 0 saturated heterocycles. The molecule has 2 heteroatoms. The number of thiophene rings is 1. The number of rotatable bonds is 7. The fourth-order valence-corrected chi connectivity index (χ4v) is 4.14. The Kier molecular flexibility index (Phi) is 5.71. The van der Waals surface area contributed by atoms with Gasteiger partial charge in [-0.25, -0.2) is 0 Å². The van der Waals surface area contributed by atoms with Crippen molar-refractivity contribution in [1.29, 1.82) is 0 Å². The normalized spacial score (nSPS) is 18.3. The van der Waals surface area contributed by atoms with Crippen LogP contribution in [0, 0.1) is 5.92 Å². The van der Waals surface area contributed by atoms with E-state index in [1.165, 1.54) is 49.8 Å². The van der Waals surface area contributed by atoms with Crippen LogP contribution >= 0.6 is 11.3 Å². The molecule has 1 aromatic rings. The highest BCUT2D eigenvalue weighted by atomic mass is 32.1. The minimum absolute atomic E-state index is 0.754. The third-order valence-electron chi connectivity index (χ3n) is 4.20. The first-order chi connectivity index (χ1) is 8.83. The summed E-state index contributed by atoms with van der Waals surface area (Å²) in [6, 6.07) is 5.39. The van der Waals surface area contributed by atoms with E-state index in [0.717, 1.165) is 18.5 Å². The second kappa shape index (κ2) is 7.30. The molecule has 18 heavy (non-hydrogen) atoms. The molecule has 0 radical (unpaired) electrons. The first-order valence-corrected chi connectivity index (χ1v) is 8.46. The van der Waals surface area contributed by atoms with Crippen molar-refractivity contribution in [2.24, 2.45) is 5.92 Å². The summed E-state index contributed by atoms with van der Waals surface area (Å²) in [7, 11) is 0. The molecule has 1 heterocycles. The van der Waals surface area contributed by atoms with E-state index in [1.54, 1.807) is 4.88 Å². The average molecular weight is 265 g/mol. The van der Waals surface area contributed by atoms with Crippen molar-refractivity contribution in [1.82, 2.24) is 5.32 Å². The molecule has 1 unspecified atom stereocenters. The highest BCUT2D eigenvalue weighted by molar-refractivity contribution is 7.11. The van der Waals surface area contributed by atoms with E-state index in [2.05, 4.69) is 31.3 Å². The van der Waals surface area contributed by atoms with Crippen LogP contribution in [0.4, 0.5) is 0 Å². The van der Waals surface area contributed by atoms with Gasteiger partial charge >= 0.3 is 0 Å². The zero-order valence-electron chi connectivity index (χ0n) is 11.9. The zero-order chi connectivity index (χ0) is 12.8. The van der Waals surface area contributed by atoms with E-state index < -0.39 is 0 Å². The zero-order valence-corrected chi connectivity index (χ0v) is 12.7. The van der Waals surface area contributed by atoms with E-state index in [0.29, 0.717) is 0 Å². The molecule has 1 aliphatic carbocycles. The van der Waals surface area contributed by atoms with Gasteiger partial charge in [-0.1, -0.05) is 26.7 Å². The lowest BCUT2D eigenvalue weighted by molar-refractivity contribution is 0.346. The molecular weight excluding hydrogens is 238 g/mol. The molecule has 2 rings (SSSR count). The van der Waals surface area contributed by atoms with Gasteiger partial charge < -0.3 is 5.32 Å². The molecule has 1 fully saturated rings. The van der Waals surface area contributed by atoms with Gasteiger partial charge in [-0.15, -0.1) is 11.3 Å². The molecule has 1 aromatic heterocycles. The summed E-state index contributed by atoms with van der Waals surface area (Å²) >= 11 is 2.01. The van der Waals surface area contributed by atoms with E-state index in [1.807, 2.05) is 11.3 Å². The van der Waals surface area contributed by atoms with Gasteiger partial charge in [0.1, 0.15) is 0 Å². The lowest BCUT2D eigenvalue weighted by Gasteiger charge is -2.24. The third-order valence-corrected chi connectivity index (χ3v) is 5.49. The van der Waals surface area contributed by atoms with Crippen LogP contribution in [0.1, 0.15) is 55.7 Å². The predicted octanol–water partition coefficient (Wildman–Crippen LogP) is 4.41. The van der Waals surface area contributed by atoms with Crippen molar-refractivity contribution >= 4 is 11.3 Å². The van der Waals surface area contributed by atoms with Crippen LogP contribution in [0.3, 0.4) is 0 Å². The number of aryl methyl sites for hydroxylation is 2. The van der Waals surface area contributed by atoms with E-state index in [-0.39, 0.29) is 0 Å². The molecule has 1 atom stereocenters. The second-order valence-electron chi connectivity index (χ2n) is 5.47. The first-order valence-electron chi connectivity index (χ1n) is 7.64. The Labute approximate surface area is 116 Å². The number of hydrogen-bond acceptors (Lipinski definition) is 2. The second-order valence-corrected chi connectivity index (χ2v) is 6.72. The van der Waals surface area contributed by atoms with E-state index in [4.69, 9.17) is 0 Å². The lowest BCUT2D eigenvalue weighted by atomic mass is 9.94. The summed E-state index contributed by atoms with van der Waals surface area (Å²) in [6.07, 6.45) is 9.56. The van der Waals surface area contributed by atoms with Crippen molar-refractivity contribution in [2.45, 2.75) is 64.8 Å². The van der Waals surface area contributed by atoms with Crippen molar-refractivity contribution < 1.29 is 0 Å². The highest BCUT2D eigenvalue weighted by Crippen LogP contribution is 2.30. The topological polar surface area (TPSA) is 12.0 Å². The lowest BCUT2D eigenvalue weighted by Crippen LogP contribution is -2.35. The fraction of sp³-hybridized carbons (Fsp3) is 0.750. The maximum atomic E-state index is 3.72. The predicted molar refractivity (Wildman–Crippen MR) is 81.4 cm³/mol. The molecule has 0 bridgehead atoms. The first kappa shape index (κ1) is 14.1. The summed E-state index contributed by atoms with van der Waals surface area (Å²) in [6.45, 7) is 5.60. The minimum atomic E-state index is 0.754. The Hall–Kier alpha value is -0.340. The smallest absolute Gasteiger partial charge is 0.00986 e. The van der Waals surface area contributed by atoms with E-state index in [9.17, 15) is 0 Å². The van der Waals surface area contributed by atoms with Gasteiger partial charge in [0.05, 0.1) is 0 Å². The summed E-state index contributed by atoms with van der Waals surface area (Å²) in [4.78, 5) is 3.11. The Balaban J connectivity index is 1.84. The summed E-state index contributed by atoms with van der Waals surface area (Å²) in [5, 5.41) is 3.72. The molecule has 1 N–H and O–H groups in total. The molecule has 0 amide bonds. The van der Waals surface area contributed by atoms with Crippen LogP contribution < -0.4 is 5.32 Å². The van der Waals surface area contributed by atoms with Crippen molar-refractivity contribution in [2.75, 3.05) is 6.54 Å². The van der Waals surface area contributed by atoms with Gasteiger partial charge in [0.25, 0.3) is 0 Å². The van der Waals surface area contributed by atoms with Gasteiger partial charge in [0.15, 0.2) is 0 Å². The van der Waals surface area contributed by atoms with Crippen LogP contribution in [0.25, 0.3) is 0 Å². The molecule has 1 nitrogen and oxygen atoms in total. The maximum Gasteiger partial charge on any atom is 0.00986 e. The molecule has 1 aliphatic rings. The summed E-state index contributed by atoms with van der Waals surface area (Å²) < 4.78 is 0. The standard InChI is InChI=1S/C16H27NS/c1-3-14-9-10-15(18-14)11-12-16(17-4-2)13-7-5-6-8-13/h9-10,13,16-17H,3-8,11-12H2,1-2H3. The third kappa shape index (κ3) is 3.83. The van der Waals surface area contributed by atoms with Crippen LogP contribution in [0.15, 0.2) is 12.1 Å². The van der Waals surface area contributed by atoms with Crippen molar-refractivity contribution in [3.63, 3.8) is 0 Å². The fourth-order valence-electron chi connectivity index (χ4n) is 3.17. The van der Waals surface area contributed by atoms with Crippen LogP contribution in [0.5, 0.6) is 0 Å². The minimum Gasteiger partial charge on any atom is -0.314 e. The van der Waals surface area contributed by atoms with E-state index >= 15 is 0 Å². The van der Waals surface area contributed by atoms with Crippen LogP contribution in [-0.4, -0.2) is 12.6 Å². The molecule has 0 aliphatic heterocycles. The Morgan fingerprint density at radius 2 is 1.94 bits per heavy atom. The van der Waals surface area contributed by atoms with Crippen molar-refractivity contribution in [3.05, 3.63) is 21.9 Å². The molecule has 102 valence electrons. The Morgan fingerprint density at radius 1 is 1.22 bits per heavy atom. The maximum absolute atomic E-state index is 3.72. The van der Waals surface area contributed by atoms with Crippen molar-refractivity contribution in [3.8, 4) is 0 Å². The Bertz CT molecular complexity index is 339. The van der Waals surface area contributed by atoms with Crippen LogP contribution in [0.2, 0.25) is 0 Å². The Morgan fingerprint density at radius 3 is 2.56 bits per heavy atom. The average Bonchev–Trinajstić information content (AvgIpc) is 3.05. The van der Waals surface area contributed by atoms with Gasteiger partial charge in [0.2, 0.25) is 0 Å². The number of nitrogens with one attached hydrogen (secondary N) is 1. The quantitative estimate of drug-likeness (QED) is 0.770. The largest absolute Gasteiger partial charge is 0.314 e. The molecule has 1 saturated carbocycles. The molecular formula is C16H27NS. The number of hydrogen-bond donors (Lipinski definition) is 1. The van der Waals surface area contributed by atoms with Gasteiger partial charge in [-0.2, -0.15) is 0 Å². The van der Waals surface area contributed by atoms with Gasteiger partial charge in [-0.05, 0) is 56.7 Å². The molecule has 0 spiro atoms. The van der Waals surface area contributed by atoms with Gasteiger partial charge in [0, 0.05) is 15.8 Å². The summed E-state index contributed by atoms with van der Waals surface area (Å²) in [5.41, 5.74) is 0. The highest BCUT2D eigenvalue weighted by Gasteiger charge is 2.23. The summed E-state index contributed by atoms with van der Waals surface area (Å²) in [5.74, 6) is 0.940. The van der Waals surface area contributed by atoms with Crippen LogP contribution in [-0.2, 0) is 12.8 Å². The molecule has 0 aromatic carbocycles. The SMILES string of the molecule is CCNC(CCc1ccc(CC)s1)C1CCCC1.